The number of anilines is 4. The fraction of sp³-hybridized carbons (Fsp3) is 0.292. The van der Waals surface area contributed by atoms with Gasteiger partial charge < -0.3 is 15.7 Å². The number of nitrogens with zero attached hydrogens (tertiary/aromatic N) is 2. The van der Waals surface area contributed by atoms with E-state index in [1.54, 1.807) is 12.1 Å². The van der Waals surface area contributed by atoms with Gasteiger partial charge in [0.2, 0.25) is 5.95 Å². The molecule has 2 aromatic carbocycles. The first-order valence-corrected chi connectivity index (χ1v) is 10.6. The van der Waals surface area contributed by atoms with Gasteiger partial charge in [-0.1, -0.05) is 24.6 Å². The van der Waals surface area contributed by atoms with Crippen molar-refractivity contribution in [2.45, 2.75) is 43.9 Å². The van der Waals surface area contributed by atoms with Crippen LogP contribution in [0, 0.1) is 5.82 Å². The number of benzene rings is 2. The second-order valence-electron chi connectivity index (χ2n) is 8.25. The van der Waals surface area contributed by atoms with Crippen LogP contribution in [0.5, 0.6) is 0 Å². The van der Waals surface area contributed by atoms with Crippen LogP contribution in [-0.2, 0) is 23.1 Å². The van der Waals surface area contributed by atoms with Gasteiger partial charge in [-0.3, -0.25) is 4.79 Å². The number of rotatable bonds is 6. The number of carboxylic acids is 1. The number of aryl methyl sites for hydroxylation is 1. The second-order valence-corrected chi connectivity index (χ2v) is 8.25. The van der Waals surface area contributed by atoms with Gasteiger partial charge in [-0.25, -0.2) is 9.37 Å². The molecule has 0 saturated heterocycles. The van der Waals surface area contributed by atoms with Gasteiger partial charge in [0.05, 0.1) is 11.1 Å². The Bertz CT molecular complexity index is 1140. The molecule has 0 spiro atoms. The Morgan fingerprint density at radius 3 is 2.45 bits per heavy atom. The molecule has 3 aromatic rings. The lowest BCUT2D eigenvalue weighted by Crippen LogP contribution is -2.42. The third-order valence-corrected chi connectivity index (χ3v) is 6.33. The first-order valence-electron chi connectivity index (χ1n) is 10.6. The fourth-order valence-electron chi connectivity index (χ4n) is 4.45. The molecule has 7 heteroatoms. The lowest BCUT2D eigenvalue weighted by Gasteiger charge is -2.38. The largest absolute Gasteiger partial charge is 0.481 e. The molecule has 3 N–H and O–H groups in total. The minimum absolute atomic E-state index is 0.324. The summed E-state index contributed by atoms with van der Waals surface area (Å²) in [6.07, 6.45) is 5.11. The normalized spacial score (nSPS) is 16.3. The molecule has 0 radical (unpaired) electrons. The second kappa shape index (κ2) is 7.65. The van der Waals surface area contributed by atoms with Crippen molar-refractivity contribution in [3.63, 3.8) is 0 Å². The van der Waals surface area contributed by atoms with Crippen LogP contribution in [0.15, 0.2) is 48.5 Å². The van der Waals surface area contributed by atoms with Gasteiger partial charge in [0.25, 0.3) is 0 Å². The number of aromatic nitrogens is 2. The minimum atomic E-state index is -0.749. The van der Waals surface area contributed by atoms with E-state index in [1.165, 1.54) is 12.1 Å². The van der Waals surface area contributed by atoms with Crippen LogP contribution < -0.4 is 10.6 Å². The van der Waals surface area contributed by atoms with E-state index in [-0.39, 0.29) is 5.82 Å². The molecule has 1 heterocycles. The highest BCUT2D eigenvalue weighted by Crippen LogP contribution is 2.44. The van der Waals surface area contributed by atoms with Gasteiger partial charge in [-0.05, 0) is 68.0 Å². The molecule has 0 amide bonds. The number of fused-ring (bicyclic) bond motifs is 1. The Balaban J connectivity index is 1.41. The molecule has 6 nitrogen and oxygen atoms in total. The van der Waals surface area contributed by atoms with E-state index in [0.717, 1.165) is 54.0 Å². The molecule has 1 aromatic heterocycles. The van der Waals surface area contributed by atoms with Crippen LogP contribution in [0.25, 0.3) is 0 Å². The molecule has 158 valence electrons. The third-order valence-electron chi connectivity index (χ3n) is 6.33. The van der Waals surface area contributed by atoms with Crippen LogP contribution in [0.4, 0.5) is 27.5 Å². The van der Waals surface area contributed by atoms with Crippen LogP contribution in [0.1, 0.15) is 42.5 Å². The summed E-state index contributed by atoms with van der Waals surface area (Å²) in [5, 5.41) is 16.1. The molecular weight excluding hydrogens is 395 g/mol. The minimum Gasteiger partial charge on any atom is -0.481 e. The molecule has 5 rings (SSSR count). The number of hydrogen-bond donors (Lipinski definition) is 3. The van der Waals surface area contributed by atoms with Gasteiger partial charge in [0.15, 0.2) is 0 Å². The third kappa shape index (κ3) is 3.60. The van der Waals surface area contributed by atoms with Gasteiger partial charge >= 0.3 is 5.97 Å². The lowest BCUT2D eigenvalue weighted by molar-refractivity contribution is -0.147. The molecule has 0 bridgehead atoms. The Morgan fingerprint density at radius 1 is 0.968 bits per heavy atom. The van der Waals surface area contributed by atoms with Gasteiger partial charge in [-0.2, -0.15) is 4.98 Å². The molecule has 0 atom stereocenters. The van der Waals surface area contributed by atoms with E-state index in [4.69, 9.17) is 0 Å². The Morgan fingerprint density at radius 2 is 1.77 bits per heavy atom. The van der Waals surface area contributed by atoms with Crippen molar-refractivity contribution in [1.82, 2.24) is 9.97 Å². The first-order chi connectivity index (χ1) is 15.0. The first kappa shape index (κ1) is 19.5. The number of carboxylic acid groups (broad SMARTS) is 1. The predicted molar refractivity (Wildman–Crippen MR) is 117 cm³/mol. The van der Waals surface area contributed by atoms with Crippen molar-refractivity contribution in [2.75, 3.05) is 10.6 Å². The van der Waals surface area contributed by atoms with Crippen LogP contribution in [0.3, 0.4) is 0 Å². The predicted octanol–water partition coefficient (Wildman–Crippen LogP) is 5.10. The van der Waals surface area contributed by atoms with Crippen molar-refractivity contribution in [2.24, 2.45) is 0 Å². The summed E-state index contributed by atoms with van der Waals surface area (Å²) in [6, 6.07) is 13.8. The molecule has 2 aliphatic rings. The summed E-state index contributed by atoms with van der Waals surface area (Å²) in [4.78, 5) is 21.0. The van der Waals surface area contributed by atoms with E-state index in [2.05, 4.69) is 20.6 Å². The number of carbonyl (C=O) groups is 1. The van der Waals surface area contributed by atoms with E-state index in [1.807, 2.05) is 24.3 Å². The number of hydrogen-bond acceptors (Lipinski definition) is 5. The van der Waals surface area contributed by atoms with Crippen LogP contribution in [-0.4, -0.2) is 21.0 Å². The summed E-state index contributed by atoms with van der Waals surface area (Å²) >= 11 is 0. The highest BCUT2D eigenvalue weighted by Gasteiger charge is 2.45. The molecular formula is C24H23FN4O2. The van der Waals surface area contributed by atoms with Crippen molar-refractivity contribution in [3.8, 4) is 0 Å². The zero-order valence-corrected chi connectivity index (χ0v) is 17.0. The number of halogens is 1. The van der Waals surface area contributed by atoms with Crippen molar-refractivity contribution in [3.05, 3.63) is 71.2 Å². The lowest BCUT2D eigenvalue weighted by atomic mass is 9.64. The monoisotopic (exact) mass is 418 g/mol. The molecule has 1 fully saturated rings. The zero-order chi connectivity index (χ0) is 21.4. The van der Waals surface area contributed by atoms with Gasteiger partial charge in [0.1, 0.15) is 11.6 Å². The summed E-state index contributed by atoms with van der Waals surface area (Å²) in [5.74, 6) is 0.0757. The average Bonchev–Trinajstić information content (AvgIpc) is 3.17. The highest BCUT2D eigenvalue weighted by atomic mass is 19.1. The number of nitrogens with one attached hydrogen (secondary N) is 2. The Labute approximate surface area is 179 Å². The zero-order valence-electron chi connectivity index (χ0n) is 17.0. The van der Waals surface area contributed by atoms with E-state index >= 15 is 0 Å². The molecule has 31 heavy (non-hydrogen) atoms. The summed E-state index contributed by atoms with van der Waals surface area (Å²) < 4.78 is 13.5. The van der Waals surface area contributed by atoms with Crippen molar-refractivity contribution in [1.29, 1.82) is 0 Å². The SMILES string of the molecule is O=C(O)C1(c2ccc(Nc3nc(Nc4cccc(F)c4)nc4c3CCC4)cc2)CCC1. The van der Waals surface area contributed by atoms with E-state index < -0.39 is 11.4 Å². The molecule has 2 aliphatic carbocycles. The van der Waals surface area contributed by atoms with Crippen molar-refractivity contribution < 1.29 is 14.3 Å². The van der Waals surface area contributed by atoms with E-state index in [9.17, 15) is 14.3 Å². The Kier molecular flexibility index (Phi) is 4.81. The number of aliphatic carboxylic acids is 1. The maximum Gasteiger partial charge on any atom is 0.314 e. The van der Waals surface area contributed by atoms with Crippen molar-refractivity contribution >= 4 is 29.1 Å². The highest BCUT2D eigenvalue weighted by molar-refractivity contribution is 5.83. The van der Waals surface area contributed by atoms with Gasteiger partial charge in [-0.15, -0.1) is 0 Å². The smallest absolute Gasteiger partial charge is 0.314 e. The average molecular weight is 418 g/mol. The van der Waals surface area contributed by atoms with Crippen LogP contribution >= 0.6 is 0 Å². The standard InChI is InChI=1S/C24H23FN4O2/c25-16-4-1-5-18(14-16)27-23-28-20-7-2-6-19(20)21(29-23)26-17-10-8-15(9-11-17)24(22(30)31)12-3-13-24/h1,4-5,8-11,14H,2-3,6-7,12-13H2,(H,30,31)(H2,26,27,28,29). The summed E-state index contributed by atoms with van der Waals surface area (Å²) in [7, 11) is 0. The topological polar surface area (TPSA) is 87.1 Å². The fourth-order valence-corrected chi connectivity index (χ4v) is 4.45. The molecule has 1 saturated carbocycles. The summed E-state index contributed by atoms with van der Waals surface area (Å²) in [6.45, 7) is 0. The maximum atomic E-state index is 13.5. The van der Waals surface area contributed by atoms with E-state index in [0.29, 0.717) is 24.5 Å². The Hall–Kier alpha value is -3.48. The summed E-state index contributed by atoms with van der Waals surface area (Å²) in [5.41, 5.74) is 3.62. The van der Waals surface area contributed by atoms with Gasteiger partial charge in [0, 0.05) is 16.9 Å². The molecule has 0 unspecified atom stereocenters. The maximum absolute atomic E-state index is 13.5. The quantitative estimate of drug-likeness (QED) is 0.516. The van der Waals surface area contributed by atoms with Crippen LogP contribution in [0.2, 0.25) is 0 Å². The molecule has 0 aliphatic heterocycles.